The van der Waals surface area contributed by atoms with Crippen LogP contribution in [0.5, 0.6) is 5.75 Å². The molecular formula is C14H20N2OS. The van der Waals surface area contributed by atoms with Gasteiger partial charge in [0.05, 0.1) is 12.1 Å². The maximum absolute atomic E-state index is 5.49. The summed E-state index contributed by atoms with van der Waals surface area (Å²) >= 11 is 1.78. The van der Waals surface area contributed by atoms with Crippen LogP contribution in [0, 0.1) is 0 Å². The maximum atomic E-state index is 5.49. The molecule has 0 fully saturated rings. The van der Waals surface area contributed by atoms with E-state index in [9.17, 15) is 0 Å². The first-order chi connectivity index (χ1) is 8.59. The minimum absolute atomic E-state index is 0.0467. The third-order valence-electron chi connectivity index (χ3n) is 2.75. The molecule has 1 N–H and O–H groups in total. The molecule has 1 aromatic rings. The Bertz CT molecular complexity index is 443. The molecule has 1 aromatic carbocycles. The Morgan fingerprint density at radius 3 is 3.00 bits per heavy atom. The summed E-state index contributed by atoms with van der Waals surface area (Å²) in [4.78, 5) is 4.71. The van der Waals surface area contributed by atoms with Gasteiger partial charge >= 0.3 is 0 Å². The third kappa shape index (κ3) is 3.67. The molecule has 0 saturated carbocycles. The number of anilines is 1. The highest BCUT2D eigenvalue weighted by atomic mass is 32.2. The molecule has 1 aliphatic heterocycles. The first kappa shape index (κ1) is 13.3. The van der Waals surface area contributed by atoms with E-state index in [4.69, 9.17) is 9.73 Å². The lowest BCUT2D eigenvalue weighted by molar-refractivity contribution is 0.340. The zero-order valence-electron chi connectivity index (χ0n) is 11.2. The Morgan fingerprint density at radius 1 is 1.44 bits per heavy atom. The first-order valence-electron chi connectivity index (χ1n) is 6.31. The highest BCUT2D eigenvalue weighted by Gasteiger charge is 2.22. The predicted molar refractivity (Wildman–Crippen MR) is 79.8 cm³/mol. The van der Waals surface area contributed by atoms with Crippen molar-refractivity contribution in [2.75, 3.05) is 17.7 Å². The van der Waals surface area contributed by atoms with E-state index in [0.29, 0.717) is 6.61 Å². The number of benzene rings is 1. The number of amidine groups is 1. The van der Waals surface area contributed by atoms with Crippen LogP contribution in [-0.4, -0.2) is 23.1 Å². The Hall–Kier alpha value is -1.16. The smallest absolute Gasteiger partial charge is 0.161 e. The topological polar surface area (TPSA) is 33.6 Å². The summed E-state index contributed by atoms with van der Waals surface area (Å²) in [5.41, 5.74) is 1.08. The van der Waals surface area contributed by atoms with Crippen molar-refractivity contribution in [3.05, 3.63) is 24.3 Å². The molecule has 0 amide bonds. The largest absolute Gasteiger partial charge is 0.494 e. The molecule has 0 radical (unpaired) electrons. The minimum Gasteiger partial charge on any atom is -0.494 e. The van der Waals surface area contributed by atoms with Gasteiger partial charge in [-0.1, -0.05) is 17.8 Å². The van der Waals surface area contributed by atoms with Crippen LogP contribution in [0.15, 0.2) is 29.3 Å². The lowest BCUT2D eigenvalue weighted by Gasteiger charge is -2.26. The molecule has 1 aliphatic rings. The first-order valence-corrected chi connectivity index (χ1v) is 7.30. The van der Waals surface area contributed by atoms with Crippen LogP contribution < -0.4 is 10.1 Å². The second-order valence-corrected chi connectivity index (χ2v) is 6.00. The number of hydrogen-bond acceptors (Lipinski definition) is 4. The highest BCUT2D eigenvalue weighted by molar-refractivity contribution is 8.14. The molecule has 0 atom stereocenters. The van der Waals surface area contributed by atoms with E-state index in [1.165, 1.54) is 0 Å². The van der Waals surface area contributed by atoms with E-state index in [1.54, 1.807) is 11.8 Å². The van der Waals surface area contributed by atoms with E-state index in [-0.39, 0.29) is 5.54 Å². The number of nitrogens with zero attached hydrogens (tertiary/aromatic N) is 1. The van der Waals surface area contributed by atoms with Gasteiger partial charge in [0.25, 0.3) is 0 Å². The summed E-state index contributed by atoms with van der Waals surface area (Å²) in [6, 6.07) is 8.00. The quantitative estimate of drug-likeness (QED) is 0.902. The van der Waals surface area contributed by atoms with Gasteiger partial charge in [0.2, 0.25) is 0 Å². The molecule has 3 nitrogen and oxygen atoms in total. The molecule has 0 unspecified atom stereocenters. The second-order valence-electron chi connectivity index (χ2n) is 4.91. The van der Waals surface area contributed by atoms with Crippen molar-refractivity contribution in [3.63, 3.8) is 0 Å². The van der Waals surface area contributed by atoms with E-state index in [2.05, 4.69) is 19.2 Å². The van der Waals surface area contributed by atoms with Gasteiger partial charge in [-0.15, -0.1) is 0 Å². The molecule has 2 rings (SSSR count). The maximum Gasteiger partial charge on any atom is 0.161 e. The van der Waals surface area contributed by atoms with Crippen molar-refractivity contribution in [1.82, 2.24) is 0 Å². The van der Waals surface area contributed by atoms with Crippen LogP contribution in [0.4, 0.5) is 5.69 Å². The Labute approximate surface area is 113 Å². The second kappa shape index (κ2) is 5.65. The summed E-state index contributed by atoms with van der Waals surface area (Å²) in [7, 11) is 0. The zero-order chi connectivity index (χ0) is 13.0. The standard InChI is InChI=1S/C14H20N2OS/c1-4-17-12-7-5-6-11(10-12)15-13-16-14(2,3)8-9-18-13/h5-7,10H,4,8-9H2,1-3H3,(H,15,16). The number of thioether (sulfide) groups is 1. The third-order valence-corrected chi connectivity index (χ3v) is 3.63. The van der Waals surface area contributed by atoms with Gasteiger partial charge in [0.1, 0.15) is 5.75 Å². The predicted octanol–water partition coefficient (Wildman–Crippen LogP) is 3.77. The Kier molecular flexibility index (Phi) is 4.17. The van der Waals surface area contributed by atoms with Crippen LogP contribution >= 0.6 is 11.8 Å². The van der Waals surface area contributed by atoms with Crippen molar-refractivity contribution < 1.29 is 4.74 Å². The molecule has 0 bridgehead atoms. The number of rotatable bonds is 3. The molecule has 0 spiro atoms. The molecule has 1 heterocycles. The van der Waals surface area contributed by atoms with Gasteiger partial charge in [-0.05, 0) is 39.3 Å². The van der Waals surface area contributed by atoms with Crippen molar-refractivity contribution in [2.24, 2.45) is 4.99 Å². The average Bonchev–Trinajstić information content (AvgIpc) is 2.28. The SMILES string of the molecule is CCOc1cccc(NC2=NC(C)(C)CCS2)c1. The molecule has 0 aromatic heterocycles. The van der Waals surface area contributed by atoms with Crippen molar-refractivity contribution in [2.45, 2.75) is 32.7 Å². The normalized spacial score (nSPS) is 18.1. The van der Waals surface area contributed by atoms with Gasteiger partial charge in [-0.3, -0.25) is 4.99 Å². The summed E-state index contributed by atoms with van der Waals surface area (Å²) < 4.78 is 5.49. The fraction of sp³-hybridized carbons (Fsp3) is 0.500. The van der Waals surface area contributed by atoms with Gasteiger partial charge in [0, 0.05) is 17.5 Å². The lowest BCUT2D eigenvalue weighted by atomic mass is 10.0. The van der Waals surface area contributed by atoms with Gasteiger partial charge < -0.3 is 10.1 Å². The van der Waals surface area contributed by atoms with Crippen molar-refractivity contribution >= 4 is 22.6 Å². The molecule has 0 saturated heterocycles. The summed E-state index contributed by atoms with van der Waals surface area (Å²) in [6.45, 7) is 7.02. The molecular weight excluding hydrogens is 244 g/mol. The van der Waals surface area contributed by atoms with Crippen LogP contribution in [0.1, 0.15) is 27.2 Å². The molecule has 18 heavy (non-hydrogen) atoms. The average molecular weight is 264 g/mol. The van der Waals surface area contributed by atoms with E-state index in [1.807, 2.05) is 31.2 Å². The Balaban J connectivity index is 2.09. The Morgan fingerprint density at radius 2 is 2.28 bits per heavy atom. The molecule has 0 aliphatic carbocycles. The van der Waals surface area contributed by atoms with Crippen molar-refractivity contribution in [1.29, 1.82) is 0 Å². The summed E-state index contributed by atoms with van der Waals surface area (Å²) in [5, 5.41) is 4.37. The van der Waals surface area contributed by atoms with Crippen LogP contribution in [0.2, 0.25) is 0 Å². The number of hydrogen-bond donors (Lipinski definition) is 1. The van der Waals surface area contributed by atoms with E-state index < -0.39 is 0 Å². The van der Waals surface area contributed by atoms with Crippen LogP contribution in [-0.2, 0) is 0 Å². The number of ether oxygens (including phenoxy) is 1. The molecule has 98 valence electrons. The number of nitrogens with one attached hydrogen (secondary N) is 1. The highest BCUT2D eigenvalue weighted by Crippen LogP contribution is 2.27. The van der Waals surface area contributed by atoms with Crippen LogP contribution in [0.25, 0.3) is 0 Å². The van der Waals surface area contributed by atoms with Crippen molar-refractivity contribution in [3.8, 4) is 5.75 Å². The van der Waals surface area contributed by atoms with Gasteiger partial charge in [-0.25, -0.2) is 0 Å². The lowest BCUT2D eigenvalue weighted by Crippen LogP contribution is -2.27. The van der Waals surface area contributed by atoms with Crippen LogP contribution in [0.3, 0.4) is 0 Å². The summed E-state index contributed by atoms with van der Waals surface area (Å²) in [6.07, 6.45) is 1.13. The monoisotopic (exact) mass is 264 g/mol. The van der Waals surface area contributed by atoms with Gasteiger partial charge in [-0.2, -0.15) is 0 Å². The van der Waals surface area contributed by atoms with Gasteiger partial charge in [0.15, 0.2) is 5.17 Å². The van der Waals surface area contributed by atoms with E-state index in [0.717, 1.165) is 28.8 Å². The molecule has 4 heteroatoms. The van der Waals surface area contributed by atoms with E-state index >= 15 is 0 Å². The fourth-order valence-electron chi connectivity index (χ4n) is 1.78. The zero-order valence-corrected chi connectivity index (χ0v) is 12.0. The summed E-state index contributed by atoms with van der Waals surface area (Å²) in [5.74, 6) is 2.01. The minimum atomic E-state index is 0.0467. The fourth-order valence-corrected chi connectivity index (χ4v) is 3.07. The number of aliphatic imine (C=N–C) groups is 1.